The highest BCUT2D eigenvalue weighted by Crippen LogP contribution is 2.32. The van der Waals surface area contributed by atoms with Gasteiger partial charge in [0.2, 0.25) is 5.91 Å². The lowest BCUT2D eigenvalue weighted by molar-refractivity contribution is -0.154. The first kappa shape index (κ1) is 12.7. The van der Waals surface area contributed by atoms with Crippen LogP contribution in [0.15, 0.2) is 0 Å². The zero-order valence-corrected chi connectivity index (χ0v) is 11.0. The van der Waals surface area contributed by atoms with Crippen molar-refractivity contribution in [3.05, 3.63) is 0 Å². The van der Waals surface area contributed by atoms with Gasteiger partial charge in [0, 0.05) is 24.8 Å². The van der Waals surface area contributed by atoms with Gasteiger partial charge in [-0.15, -0.1) is 0 Å². The molecule has 0 aromatic carbocycles. The van der Waals surface area contributed by atoms with Crippen LogP contribution in [0.4, 0.5) is 0 Å². The van der Waals surface area contributed by atoms with E-state index in [1.165, 1.54) is 0 Å². The number of carbonyl (C=O) groups is 2. The summed E-state index contributed by atoms with van der Waals surface area (Å²) in [6.45, 7) is 2.85. The maximum Gasteiger partial charge on any atom is 0.311 e. The van der Waals surface area contributed by atoms with E-state index in [2.05, 4.69) is 0 Å². The molecule has 17 heavy (non-hydrogen) atoms. The van der Waals surface area contributed by atoms with E-state index < -0.39 is 11.4 Å². The summed E-state index contributed by atoms with van der Waals surface area (Å²) in [7, 11) is 0. The number of thioether (sulfide) groups is 1. The Morgan fingerprint density at radius 3 is 2.82 bits per heavy atom. The predicted octanol–water partition coefficient (Wildman–Crippen LogP) is 1.45. The second-order valence-electron chi connectivity index (χ2n) is 5.29. The summed E-state index contributed by atoms with van der Waals surface area (Å²) in [5.41, 5.74) is -0.750. The molecule has 2 aliphatic rings. The summed E-state index contributed by atoms with van der Waals surface area (Å²) in [5.74, 6) is 1.47. The first-order valence-electron chi connectivity index (χ1n) is 6.13. The van der Waals surface area contributed by atoms with Crippen molar-refractivity contribution in [1.29, 1.82) is 0 Å². The molecule has 2 atom stereocenters. The van der Waals surface area contributed by atoms with E-state index in [-0.39, 0.29) is 11.8 Å². The standard InChI is InChI=1S/C12H19NO3S/c1-12(11(15)16)4-2-5-13(8-12)10(14)9-3-6-17-7-9/h9H,2-8H2,1H3,(H,15,16). The molecular formula is C12H19NO3S. The molecule has 2 aliphatic heterocycles. The quantitative estimate of drug-likeness (QED) is 0.813. The van der Waals surface area contributed by atoms with Crippen molar-refractivity contribution in [2.45, 2.75) is 26.2 Å². The van der Waals surface area contributed by atoms with Crippen LogP contribution in [0.1, 0.15) is 26.2 Å². The van der Waals surface area contributed by atoms with Gasteiger partial charge in [0.1, 0.15) is 0 Å². The van der Waals surface area contributed by atoms with E-state index in [1.807, 2.05) is 11.8 Å². The summed E-state index contributed by atoms with van der Waals surface area (Å²) in [4.78, 5) is 25.2. The summed E-state index contributed by atoms with van der Waals surface area (Å²) < 4.78 is 0. The highest BCUT2D eigenvalue weighted by Gasteiger charge is 2.40. The van der Waals surface area contributed by atoms with E-state index in [4.69, 9.17) is 0 Å². The highest BCUT2D eigenvalue weighted by molar-refractivity contribution is 7.99. The minimum Gasteiger partial charge on any atom is -0.481 e. The Bertz CT molecular complexity index is 328. The number of amides is 1. The van der Waals surface area contributed by atoms with Crippen LogP contribution in [0.3, 0.4) is 0 Å². The Morgan fingerprint density at radius 1 is 1.47 bits per heavy atom. The van der Waals surface area contributed by atoms with Crippen LogP contribution >= 0.6 is 11.8 Å². The Kier molecular flexibility index (Phi) is 3.66. The number of hydrogen-bond donors (Lipinski definition) is 1. The lowest BCUT2D eigenvalue weighted by Crippen LogP contribution is -2.50. The third kappa shape index (κ3) is 2.59. The van der Waals surface area contributed by atoms with Gasteiger partial charge in [0.25, 0.3) is 0 Å². The average molecular weight is 257 g/mol. The second kappa shape index (κ2) is 4.88. The van der Waals surface area contributed by atoms with Gasteiger partial charge in [-0.2, -0.15) is 11.8 Å². The molecule has 0 spiro atoms. The number of likely N-dealkylation sites (tertiary alicyclic amines) is 1. The molecule has 0 radical (unpaired) electrons. The zero-order chi connectivity index (χ0) is 12.5. The molecule has 0 aromatic rings. The van der Waals surface area contributed by atoms with Crippen LogP contribution in [0, 0.1) is 11.3 Å². The highest BCUT2D eigenvalue weighted by atomic mass is 32.2. The molecule has 2 saturated heterocycles. The number of hydrogen-bond acceptors (Lipinski definition) is 3. The van der Waals surface area contributed by atoms with Gasteiger partial charge in [0.15, 0.2) is 0 Å². The Morgan fingerprint density at radius 2 is 2.24 bits per heavy atom. The Hall–Kier alpha value is -0.710. The Balaban J connectivity index is 2.01. The molecular weight excluding hydrogens is 238 g/mol. The van der Waals surface area contributed by atoms with E-state index >= 15 is 0 Å². The molecule has 2 unspecified atom stereocenters. The van der Waals surface area contributed by atoms with E-state index in [9.17, 15) is 14.7 Å². The number of nitrogens with zero attached hydrogens (tertiary/aromatic N) is 1. The van der Waals surface area contributed by atoms with Crippen LogP contribution in [0.5, 0.6) is 0 Å². The van der Waals surface area contributed by atoms with Gasteiger partial charge in [-0.05, 0) is 31.9 Å². The van der Waals surface area contributed by atoms with Crippen molar-refractivity contribution in [3.63, 3.8) is 0 Å². The average Bonchev–Trinajstić information content (AvgIpc) is 2.81. The largest absolute Gasteiger partial charge is 0.481 e. The maximum atomic E-state index is 12.2. The van der Waals surface area contributed by atoms with Gasteiger partial charge in [0.05, 0.1) is 5.41 Å². The topological polar surface area (TPSA) is 57.6 Å². The van der Waals surface area contributed by atoms with Gasteiger partial charge in [-0.1, -0.05) is 0 Å². The van der Waals surface area contributed by atoms with Crippen molar-refractivity contribution >= 4 is 23.6 Å². The minimum absolute atomic E-state index is 0.121. The number of carboxylic acid groups (broad SMARTS) is 1. The molecule has 0 aliphatic carbocycles. The monoisotopic (exact) mass is 257 g/mol. The predicted molar refractivity (Wildman–Crippen MR) is 67.0 cm³/mol. The van der Waals surface area contributed by atoms with Crippen LogP contribution in [0.2, 0.25) is 0 Å². The van der Waals surface area contributed by atoms with Crippen LogP contribution in [-0.2, 0) is 9.59 Å². The summed E-state index contributed by atoms with van der Waals surface area (Å²) >= 11 is 1.82. The smallest absolute Gasteiger partial charge is 0.311 e. The van der Waals surface area contributed by atoms with Crippen LogP contribution in [0.25, 0.3) is 0 Å². The summed E-state index contributed by atoms with van der Waals surface area (Å²) in [5, 5.41) is 9.22. The fourth-order valence-electron chi connectivity index (χ4n) is 2.59. The van der Waals surface area contributed by atoms with Gasteiger partial charge < -0.3 is 10.0 Å². The molecule has 2 rings (SSSR count). The van der Waals surface area contributed by atoms with Crippen molar-refractivity contribution in [3.8, 4) is 0 Å². The fraction of sp³-hybridized carbons (Fsp3) is 0.833. The lowest BCUT2D eigenvalue weighted by Gasteiger charge is -2.38. The van der Waals surface area contributed by atoms with Crippen LogP contribution in [-0.4, -0.2) is 46.5 Å². The van der Waals surface area contributed by atoms with Crippen molar-refractivity contribution < 1.29 is 14.7 Å². The van der Waals surface area contributed by atoms with Gasteiger partial charge >= 0.3 is 5.97 Å². The number of carbonyl (C=O) groups excluding carboxylic acids is 1. The molecule has 96 valence electrons. The minimum atomic E-state index is -0.782. The van der Waals surface area contributed by atoms with Crippen molar-refractivity contribution in [2.75, 3.05) is 24.6 Å². The first-order chi connectivity index (χ1) is 8.03. The number of carboxylic acids is 1. The number of rotatable bonds is 2. The molecule has 5 heteroatoms. The molecule has 0 bridgehead atoms. The second-order valence-corrected chi connectivity index (χ2v) is 6.44. The number of aliphatic carboxylic acids is 1. The van der Waals surface area contributed by atoms with Gasteiger partial charge in [-0.25, -0.2) is 0 Å². The lowest BCUT2D eigenvalue weighted by atomic mass is 9.81. The van der Waals surface area contributed by atoms with Crippen molar-refractivity contribution in [2.24, 2.45) is 11.3 Å². The SMILES string of the molecule is CC1(C(=O)O)CCCN(C(=O)C2CCSC2)C1. The summed E-state index contributed by atoms with van der Waals surface area (Å²) in [6.07, 6.45) is 2.42. The zero-order valence-electron chi connectivity index (χ0n) is 10.1. The molecule has 1 amide bonds. The van der Waals surface area contributed by atoms with Crippen molar-refractivity contribution in [1.82, 2.24) is 4.90 Å². The maximum absolute atomic E-state index is 12.2. The molecule has 2 heterocycles. The molecule has 0 saturated carbocycles. The van der Waals surface area contributed by atoms with E-state index in [0.29, 0.717) is 13.0 Å². The van der Waals surface area contributed by atoms with Crippen LogP contribution < -0.4 is 0 Å². The molecule has 4 nitrogen and oxygen atoms in total. The van der Waals surface area contributed by atoms with Gasteiger partial charge in [-0.3, -0.25) is 9.59 Å². The molecule has 0 aromatic heterocycles. The molecule has 2 fully saturated rings. The van der Waals surface area contributed by atoms with E-state index in [0.717, 1.165) is 30.9 Å². The third-order valence-corrected chi connectivity index (χ3v) is 4.97. The first-order valence-corrected chi connectivity index (χ1v) is 7.28. The third-order valence-electron chi connectivity index (χ3n) is 3.80. The molecule has 1 N–H and O–H groups in total. The normalized spacial score (nSPS) is 33.7. The van der Waals surface area contributed by atoms with E-state index in [1.54, 1.807) is 11.8 Å². The fourth-order valence-corrected chi connectivity index (χ4v) is 3.80. The summed E-state index contributed by atoms with van der Waals surface area (Å²) in [6, 6.07) is 0. The Labute approximate surface area is 106 Å². The number of piperidine rings is 1.